The summed E-state index contributed by atoms with van der Waals surface area (Å²) in [6, 6.07) is 16.9. The molecular formula is C70H98N2. The molecule has 0 spiro atoms. The number of hydrogen-bond donors (Lipinski definition) is 0. The van der Waals surface area contributed by atoms with E-state index in [0.29, 0.717) is 17.7 Å². The SMILES string of the molecule is C#Cc1c(C(N=C(C)/C(=C/CCCC(CC)CCCC)c2ccccc2C)=NC(C)c2ccc(C#CCC(CCCC)CCCCCC)c(C)c2C#C)ccc(C#CCC(CCCC)CCCCCC)c1C. The van der Waals surface area contributed by atoms with Gasteiger partial charge in [0.15, 0.2) is 5.84 Å². The molecule has 0 aliphatic rings. The summed E-state index contributed by atoms with van der Waals surface area (Å²) in [5.74, 6) is 23.2. The summed E-state index contributed by atoms with van der Waals surface area (Å²) in [7, 11) is 0. The Labute approximate surface area is 444 Å². The second kappa shape index (κ2) is 36.0. The number of hydrogen-bond acceptors (Lipinski definition) is 1. The van der Waals surface area contributed by atoms with Crippen LogP contribution in [0.5, 0.6) is 0 Å². The van der Waals surface area contributed by atoms with Crippen molar-refractivity contribution >= 4 is 17.1 Å². The van der Waals surface area contributed by atoms with E-state index in [1.165, 1.54) is 146 Å². The van der Waals surface area contributed by atoms with E-state index < -0.39 is 0 Å². The lowest BCUT2D eigenvalue weighted by Crippen LogP contribution is -2.11. The Morgan fingerprint density at radius 1 is 0.556 bits per heavy atom. The van der Waals surface area contributed by atoms with Crippen LogP contribution in [0.25, 0.3) is 5.57 Å². The lowest BCUT2D eigenvalue weighted by molar-refractivity contribution is 0.411. The first-order valence-corrected chi connectivity index (χ1v) is 29.1. The molecule has 0 saturated heterocycles. The normalized spacial score (nSPS) is 13.5. The molecule has 0 aliphatic heterocycles. The van der Waals surface area contributed by atoms with E-state index in [2.05, 4.69) is 166 Å². The average molecular weight is 968 g/mol. The van der Waals surface area contributed by atoms with E-state index in [-0.39, 0.29) is 6.04 Å². The van der Waals surface area contributed by atoms with Gasteiger partial charge in [0.25, 0.3) is 0 Å². The number of unbranched alkanes of at least 4 members (excludes halogenated alkanes) is 10. The van der Waals surface area contributed by atoms with Gasteiger partial charge in [-0.25, -0.2) is 4.99 Å². The van der Waals surface area contributed by atoms with Crippen LogP contribution in [0.1, 0.15) is 278 Å². The van der Waals surface area contributed by atoms with E-state index >= 15 is 0 Å². The zero-order valence-electron chi connectivity index (χ0n) is 47.7. The van der Waals surface area contributed by atoms with Gasteiger partial charge in [-0.1, -0.05) is 223 Å². The van der Waals surface area contributed by atoms with Gasteiger partial charge in [-0.3, -0.25) is 4.99 Å². The Kier molecular flexibility index (Phi) is 30.6. The molecule has 0 bridgehead atoms. The van der Waals surface area contributed by atoms with Gasteiger partial charge in [-0.05, 0) is 142 Å². The highest BCUT2D eigenvalue weighted by Crippen LogP contribution is 2.31. The number of benzene rings is 3. The van der Waals surface area contributed by atoms with Gasteiger partial charge >= 0.3 is 0 Å². The summed E-state index contributed by atoms with van der Waals surface area (Å²) in [5, 5.41) is 0. The molecule has 0 amide bonds. The van der Waals surface area contributed by atoms with Crippen LogP contribution in [-0.4, -0.2) is 11.5 Å². The summed E-state index contributed by atoms with van der Waals surface area (Å²) in [5.41, 5.74) is 11.9. The minimum absolute atomic E-state index is 0.312. The molecule has 0 radical (unpaired) electrons. The van der Waals surface area contributed by atoms with Gasteiger partial charge in [0.2, 0.25) is 0 Å². The topological polar surface area (TPSA) is 24.7 Å². The zero-order valence-corrected chi connectivity index (χ0v) is 47.7. The maximum absolute atomic E-state index is 6.51. The van der Waals surface area contributed by atoms with Gasteiger partial charge in [0.1, 0.15) is 0 Å². The number of aliphatic imine (C=N–C) groups is 2. The maximum Gasteiger partial charge on any atom is 0.156 e. The second-order valence-electron chi connectivity index (χ2n) is 21.0. The van der Waals surface area contributed by atoms with Crippen molar-refractivity contribution in [1.82, 2.24) is 0 Å². The molecule has 0 aromatic heterocycles. The third-order valence-corrected chi connectivity index (χ3v) is 15.2. The molecule has 72 heavy (non-hydrogen) atoms. The molecule has 0 aliphatic carbocycles. The van der Waals surface area contributed by atoms with Crippen molar-refractivity contribution in [2.24, 2.45) is 27.7 Å². The minimum atomic E-state index is -0.312. The Balaban J connectivity index is 2.20. The molecule has 4 unspecified atom stereocenters. The van der Waals surface area contributed by atoms with Crippen LogP contribution in [0, 0.1) is 86.9 Å². The Morgan fingerprint density at radius 2 is 1.06 bits per heavy atom. The van der Waals surface area contributed by atoms with Crippen LogP contribution in [0.3, 0.4) is 0 Å². The number of nitrogens with zero attached hydrogens (tertiary/aromatic N) is 2. The van der Waals surface area contributed by atoms with Gasteiger partial charge in [0.05, 0.1) is 6.04 Å². The second-order valence-corrected chi connectivity index (χ2v) is 21.0. The lowest BCUT2D eigenvalue weighted by Gasteiger charge is -2.18. The molecule has 0 fully saturated rings. The van der Waals surface area contributed by atoms with Crippen molar-refractivity contribution in [1.29, 1.82) is 0 Å². The van der Waals surface area contributed by atoms with Crippen LogP contribution < -0.4 is 0 Å². The van der Waals surface area contributed by atoms with Crippen LogP contribution in [0.15, 0.2) is 64.6 Å². The van der Waals surface area contributed by atoms with Gasteiger partial charge in [0, 0.05) is 46.4 Å². The fourth-order valence-electron chi connectivity index (χ4n) is 10.3. The minimum Gasteiger partial charge on any atom is -0.258 e. The van der Waals surface area contributed by atoms with Crippen LogP contribution in [-0.2, 0) is 0 Å². The van der Waals surface area contributed by atoms with E-state index in [0.717, 1.165) is 87.4 Å². The zero-order chi connectivity index (χ0) is 52.5. The van der Waals surface area contributed by atoms with Crippen molar-refractivity contribution in [2.45, 2.75) is 243 Å². The highest BCUT2D eigenvalue weighted by atomic mass is 14.9. The third-order valence-electron chi connectivity index (χ3n) is 15.2. The molecule has 2 nitrogen and oxygen atoms in total. The molecule has 3 aromatic carbocycles. The third kappa shape index (κ3) is 20.8. The number of terminal acetylenes is 2. The molecule has 4 atom stereocenters. The standard InChI is InChI=1S/C70H98N2/c1-14-22-27-29-42-60(39-25-17-4)44-35-46-62-50-52-68(64(20-7)55(62)10)58(13)72-70(71-57(12)67(66-48-33-31-37-54(66)9)49-34-32-41-59(19-6)38-24-16-3)69-53-51-63(56(11)65(69)21-8)47-36-45-61(40-26-18-5)43-30-28-23-15-2/h7-8,31,33,37,48-53,58-61H,14-19,22-30,32,34,38-45H2,1-6,9-13H3/b67-49-,71-57?,72-70?. The van der Waals surface area contributed by atoms with Crippen molar-refractivity contribution in [2.75, 3.05) is 0 Å². The average Bonchev–Trinajstić information content (AvgIpc) is 3.38. The molecule has 388 valence electrons. The van der Waals surface area contributed by atoms with Crippen LogP contribution in [0.4, 0.5) is 0 Å². The van der Waals surface area contributed by atoms with E-state index in [1.807, 2.05) is 0 Å². The maximum atomic E-state index is 6.51. The summed E-state index contributed by atoms with van der Waals surface area (Å²) in [6.07, 6.45) is 46.0. The van der Waals surface area contributed by atoms with E-state index in [1.54, 1.807) is 0 Å². The van der Waals surface area contributed by atoms with Crippen LogP contribution in [0.2, 0.25) is 0 Å². The van der Waals surface area contributed by atoms with Gasteiger partial charge < -0.3 is 0 Å². The van der Waals surface area contributed by atoms with Crippen molar-refractivity contribution in [3.8, 4) is 48.4 Å². The van der Waals surface area contributed by atoms with Gasteiger partial charge in [-0.15, -0.1) is 12.8 Å². The van der Waals surface area contributed by atoms with E-state index in [4.69, 9.17) is 22.8 Å². The first-order valence-electron chi connectivity index (χ1n) is 29.1. The first-order chi connectivity index (χ1) is 35.0. The number of aryl methyl sites for hydroxylation is 1. The van der Waals surface area contributed by atoms with Crippen LogP contribution >= 0.6 is 0 Å². The number of amidine groups is 1. The lowest BCUT2D eigenvalue weighted by atomic mass is 9.91. The first kappa shape index (κ1) is 61.3. The highest BCUT2D eigenvalue weighted by Gasteiger charge is 2.20. The molecule has 3 rings (SSSR count). The summed E-state index contributed by atoms with van der Waals surface area (Å²) in [6.45, 7) is 24.5. The predicted octanol–water partition coefficient (Wildman–Crippen LogP) is 20.1. The van der Waals surface area contributed by atoms with Crippen molar-refractivity contribution in [3.05, 3.63) is 110 Å². The van der Waals surface area contributed by atoms with Gasteiger partial charge in [-0.2, -0.15) is 0 Å². The predicted molar refractivity (Wildman–Crippen MR) is 319 cm³/mol. The summed E-state index contributed by atoms with van der Waals surface area (Å²) in [4.78, 5) is 11.1. The number of rotatable bonds is 31. The molecule has 0 N–H and O–H groups in total. The fraction of sp³-hybridized carbons (Fsp3) is 0.571. The quantitative estimate of drug-likeness (QED) is 0.0266. The Bertz CT molecular complexity index is 2380. The summed E-state index contributed by atoms with van der Waals surface area (Å²) >= 11 is 0. The monoisotopic (exact) mass is 967 g/mol. The molecule has 2 heteroatoms. The fourth-order valence-corrected chi connectivity index (χ4v) is 10.3. The van der Waals surface area contributed by atoms with Crippen molar-refractivity contribution in [3.63, 3.8) is 0 Å². The molecule has 0 heterocycles. The van der Waals surface area contributed by atoms with Crippen molar-refractivity contribution < 1.29 is 0 Å². The smallest absolute Gasteiger partial charge is 0.156 e. The largest absolute Gasteiger partial charge is 0.258 e. The molecule has 3 aromatic rings. The van der Waals surface area contributed by atoms with E-state index in [9.17, 15) is 0 Å². The Hall–Kier alpha value is -5.02. The Morgan fingerprint density at radius 3 is 1.58 bits per heavy atom. The highest BCUT2D eigenvalue weighted by molar-refractivity contribution is 6.27. The molecular weight excluding hydrogens is 869 g/mol. The molecule has 0 saturated carbocycles. The number of allylic oxidation sites excluding steroid dienone is 2. The summed E-state index contributed by atoms with van der Waals surface area (Å²) < 4.78 is 0.